The molecule has 2 rings (SSSR count). The summed E-state index contributed by atoms with van der Waals surface area (Å²) in [6.07, 6.45) is 1.64. The van der Waals surface area contributed by atoms with E-state index in [2.05, 4.69) is 39.2 Å². The molecule has 23 heavy (non-hydrogen) atoms. The van der Waals surface area contributed by atoms with Crippen molar-refractivity contribution in [3.05, 3.63) is 36.0 Å². The van der Waals surface area contributed by atoms with Crippen LogP contribution in [-0.4, -0.2) is 40.8 Å². The van der Waals surface area contributed by atoms with Crippen LogP contribution in [-0.2, 0) is 4.74 Å². The van der Waals surface area contributed by atoms with E-state index in [9.17, 15) is 4.79 Å². The van der Waals surface area contributed by atoms with Crippen LogP contribution in [0.25, 0.3) is 0 Å². The Kier molecular flexibility index (Phi) is 5.85. The highest BCUT2D eigenvalue weighted by atomic mass is 16.5. The lowest BCUT2D eigenvalue weighted by Crippen LogP contribution is -2.23. The smallest absolute Gasteiger partial charge is 0.338 e. The first-order valence-electron chi connectivity index (χ1n) is 7.66. The van der Waals surface area contributed by atoms with Gasteiger partial charge in [-0.2, -0.15) is 10.1 Å². The highest BCUT2D eigenvalue weighted by Gasteiger charge is 2.08. The number of nitrogens with one attached hydrogen (secondary N) is 1. The minimum absolute atomic E-state index is 0.333. The fourth-order valence-electron chi connectivity index (χ4n) is 2.08. The molecular weight excluding hydrogens is 294 g/mol. The Morgan fingerprint density at radius 1 is 1.17 bits per heavy atom. The summed E-state index contributed by atoms with van der Waals surface area (Å²) in [6, 6.07) is 6.95. The molecule has 0 saturated heterocycles. The molecule has 0 atom stereocenters. The number of rotatable bonds is 7. The largest absolute Gasteiger partial charge is 0.462 e. The number of ether oxygens (including phenoxy) is 1. The van der Waals surface area contributed by atoms with Gasteiger partial charge in [0, 0.05) is 18.8 Å². The monoisotopic (exact) mass is 315 g/mol. The van der Waals surface area contributed by atoms with Crippen LogP contribution in [0.4, 0.5) is 17.5 Å². The molecule has 1 heterocycles. The number of esters is 1. The van der Waals surface area contributed by atoms with E-state index in [4.69, 9.17) is 4.74 Å². The molecule has 0 spiro atoms. The van der Waals surface area contributed by atoms with Crippen molar-refractivity contribution in [3.63, 3.8) is 0 Å². The van der Waals surface area contributed by atoms with E-state index >= 15 is 0 Å². The summed E-state index contributed by atoms with van der Waals surface area (Å²) in [5.74, 6) is 0.856. The minimum atomic E-state index is -0.333. The third-order valence-electron chi connectivity index (χ3n) is 3.29. The Balaban J connectivity index is 2.10. The van der Waals surface area contributed by atoms with E-state index in [1.165, 1.54) is 0 Å². The maximum atomic E-state index is 11.6. The zero-order valence-corrected chi connectivity index (χ0v) is 13.6. The van der Waals surface area contributed by atoms with Gasteiger partial charge in [0.05, 0.1) is 18.4 Å². The molecule has 122 valence electrons. The summed E-state index contributed by atoms with van der Waals surface area (Å²) in [5.41, 5.74) is 1.28. The lowest BCUT2D eigenvalue weighted by molar-refractivity contribution is 0.0526. The summed E-state index contributed by atoms with van der Waals surface area (Å²) >= 11 is 0. The van der Waals surface area contributed by atoms with Gasteiger partial charge in [0.25, 0.3) is 0 Å². The average Bonchev–Trinajstić information content (AvgIpc) is 2.57. The normalized spacial score (nSPS) is 10.2. The van der Waals surface area contributed by atoms with E-state index < -0.39 is 0 Å². The molecule has 1 N–H and O–H groups in total. The first kappa shape index (κ1) is 16.7. The number of nitrogens with zero attached hydrogens (tertiary/aromatic N) is 4. The van der Waals surface area contributed by atoms with Gasteiger partial charge in [0.2, 0.25) is 5.95 Å². The predicted molar refractivity (Wildman–Crippen MR) is 89.1 cm³/mol. The predicted octanol–water partition coefficient (Wildman–Crippen LogP) is 2.64. The molecule has 1 aromatic carbocycles. The molecule has 0 bridgehead atoms. The van der Waals surface area contributed by atoms with Crippen molar-refractivity contribution >= 4 is 23.4 Å². The minimum Gasteiger partial charge on any atom is -0.462 e. The molecule has 7 heteroatoms. The SMILES string of the molecule is CCOC(=O)c1ccc(Nc2nncc(N(CC)CC)n2)cc1. The van der Waals surface area contributed by atoms with Crippen molar-refractivity contribution in [1.82, 2.24) is 15.2 Å². The lowest BCUT2D eigenvalue weighted by Gasteiger charge is -2.19. The number of benzene rings is 1. The molecule has 0 unspecified atom stereocenters. The molecule has 2 aromatic rings. The number of hydrogen-bond donors (Lipinski definition) is 1. The van der Waals surface area contributed by atoms with E-state index in [1.807, 2.05) is 0 Å². The molecule has 0 aliphatic rings. The molecular formula is C16H21N5O2. The van der Waals surface area contributed by atoms with Crippen LogP contribution in [0.5, 0.6) is 0 Å². The van der Waals surface area contributed by atoms with E-state index in [0.717, 1.165) is 24.6 Å². The fraction of sp³-hybridized carbons (Fsp3) is 0.375. The maximum Gasteiger partial charge on any atom is 0.338 e. The van der Waals surface area contributed by atoms with Gasteiger partial charge in [-0.15, -0.1) is 5.10 Å². The van der Waals surface area contributed by atoms with Gasteiger partial charge in [0.15, 0.2) is 5.82 Å². The summed E-state index contributed by atoms with van der Waals surface area (Å²) in [6.45, 7) is 7.96. The van der Waals surface area contributed by atoms with Crippen molar-refractivity contribution in [2.24, 2.45) is 0 Å². The summed E-state index contributed by atoms with van der Waals surface area (Å²) in [5, 5.41) is 11.0. The van der Waals surface area contributed by atoms with Crippen molar-refractivity contribution in [1.29, 1.82) is 0 Å². The van der Waals surface area contributed by atoms with Crippen molar-refractivity contribution in [2.45, 2.75) is 20.8 Å². The number of carbonyl (C=O) groups is 1. The third-order valence-corrected chi connectivity index (χ3v) is 3.29. The van der Waals surface area contributed by atoms with Crippen LogP contribution in [0.15, 0.2) is 30.5 Å². The second kappa shape index (κ2) is 8.07. The molecule has 7 nitrogen and oxygen atoms in total. The van der Waals surface area contributed by atoms with Gasteiger partial charge in [-0.1, -0.05) is 0 Å². The van der Waals surface area contributed by atoms with Gasteiger partial charge in [-0.3, -0.25) is 0 Å². The van der Waals surface area contributed by atoms with E-state index in [1.54, 1.807) is 37.4 Å². The summed E-state index contributed by atoms with van der Waals surface area (Å²) in [4.78, 5) is 18.2. The number of hydrogen-bond acceptors (Lipinski definition) is 7. The van der Waals surface area contributed by atoms with Crippen molar-refractivity contribution < 1.29 is 9.53 Å². The number of anilines is 3. The lowest BCUT2D eigenvalue weighted by atomic mass is 10.2. The van der Waals surface area contributed by atoms with Gasteiger partial charge >= 0.3 is 5.97 Å². The molecule has 1 aromatic heterocycles. The molecule has 0 aliphatic carbocycles. The number of carbonyl (C=O) groups excluding carboxylic acids is 1. The Bertz CT molecular complexity index is 641. The highest BCUT2D eigenvalue weighted by molar-refractivity contribution is 5.89. The van der Waals surface area contributed by atoms with Crippen LogP contribution in [0.1, 0.15) is 31.1 Å². The summed E-state index contributed by atoms with van der Waals surface area (Å²) in [7, 11) is 0. The second-order valence-corrected chi connectivity index (χ2v) is 4.73. The molecule has 0 amide bonds. The van der Waals surface area contributed by atoms with Crippen molar-refractivity contribution in [3.8, 4) is 0 Å². The quantitative estimate of drug-likeness (QED) is 0.787. The van der Waals surface area contributed by atoms with E-state index in [0.29, 0.717) is 18.1 Å². The zero-order chi connectivity index (χ0) is 16.7. The molecule has 0 aliphatic heterocycles. The average molecular weight is 315 g/mol. The highest BCUT2D eigenvalue weighted by Crippen LogP contribution is 2.16. The first-order valence-corrected chi connectivity index (χ1v) is 7.66. The number of aromatic nitrogens is 3. The van der Waals surface area contributed by atoms with Gasteiger partial charge < -0.3 is 15.0 Å². The second-order valence-electron chi connectivity index (χ2n) is 4.73. The summed E-state index contributed by atoms with van der Waals surface area (Å²) < 4.78 is 4.95. The van der Waals surface area contributed by atoms with Crippen LogP contribution in [0.2, 0.25) is 0 Å². The Morgan fingerprint density at radius 3 is 2.48 bits per heavy atom. The van der Waals surface area contributed by atoms with Gasteiger partial charge in [-0.05, 0) is 45.0 Å². The molecule has 0 fully saturated rings. The molecule has 0 saturated carbocycles. The topological polar surface area (TPSA) is 80.2 Å². The molecule has 0 radical (unpaired) electrons. The zero-order valence-electron chi connectivity index (χ0n) is 13.6. The Morgan fingerprint density at radius 2 is 1.87 bits per heavy atom. The fourth-order valence-corrected chi connectivity index (χ4v) is 2.08. The Labute approximate surface area is 135 Å². The van der Waals surface area contributed by atoms with E-state index in [-0.39, 0.29) is 5.97 Å². The third kappa shape index (κ3) is 4.38. The Hall–Kier alpha value is -2.70. The maximum absolute atomic E-state index is 11.6. The van der Waals surface area contributed by atoms with Crippen LogP contribution in [0, 0.1) is 0 Å². The standard InChI is InChI=1S/C16H21N5O2/c1-4-21(5-2)14-11-17-20-16(19-14)18-13-9-7-12(8-10-13)15(22)23-6-3/h7-11H,4-6H2,1-3H3,(H,18,19,20). The van der Waals surface area contributed by atoms with Gasteiger partial charge in [-0.25, -0.2) is 4.79 Å². The van der Waals surface area contributed by atoms with Gasteiger partial charge in [0.1, 0.15) is 0 Å². The van der Waals surface area contributed by atoms with Crippen molar-refractivity contribution in [2.75, 3.05) is 29.9 Å². The van der Waals surface area contributed by atoms with Crippen LogP contribution in [0.3, 0.4) is 0 Å². The van der Waals surface area contributed by atoms with Crippen LogP contribution >= 0.6 is 0 Å². The van der Waals surface area contributed by atoms with Crippen LogP contribution < -0.4 is 10.2 Å². The first-order chi connectivity index (χ1) is 11.2.